The number of carbonyl (C=O) groups excluding carboxylic acids is 1. The molecule has 0 atom stereocenters. The quantitative estimate of drug-likeness (QED) is 0.818. The summed E-state index contributed by atoms with van der Waals surface area (Å²) in [5.41, 5.74) is 4.60. The molecule has 0 fully saturated rings. The zero-order valence-electron chi connectivity index (χ0n) is 12.1. The molecule has 0 aliphatic heterocycles. The van der Waals surface area contributed by atoms with Crippen molar-refractivity contribution in [2.75, 3.05) is 0 Å². The first kappa shape index (κ1) is 23.1. The normalized spacial score (nSPS) is 8.65. The van der Waals surface area contributed by atoms with Gasteiger partial charge in [0.05, 0.1) is 5.56 Å². The van der Waals surface area contributed by atoms with Crippen molar-refractivity contribution >= 4 is 12.1 Å². The van der Waals surface area contributed by atoms with Crippen molar-refractivity contribution in [1.82, 2.24) is 0 Å². The van der Waals surface area contributed by atoms with Gasteiger partial charge in [-0.2, -0.15) is 0 Å². The number of nitrogens with two attached hydrogens (primary N) is 1. The van der Waals surface area contributed by atoms with Crippen LogP contribution < -0.4 is 5.73 Å². The van der Waals surface area contributed by atoms with Gasteiger partial charge in [0.25, 0.3) is 0 Å². The van der Waals surface area contributed by atoms with Gasteiger partial charge >= 0.3 is 12.1 Å². The first-order valence-corrected chi connectivity index (χ1v) is 5.99. The molecule has 20 heavy (non-hydrogen) atoms. The van der Waals surface area contributed by atoms with Crippen LogP contribution in [0.3, 0.4) is 0 Å². The summed E-state index contributed by atoms with van der Waals surface area (Å²) in [5, 5.41) is 8.38. The van der Waals surface area contributed by atoms with Gasteiger partial charge in [0.15, 0.2) is 0 Å². The van der Waals surface area contributed by atoms with E-state index in [0.717, 1.165) is 0 Å². The minimum Gasteiger partial charge on any atom is -0.478 e. The van der Waals surface area contributed by atoms with Crippen LogP contribution in [0.25, 0.3) is 0 Å². The van der Waals surface area contributed by atoms with E-state index in [1.165, 1.54) is 0 Å². The summed E-state index contributed by atoms with van der Waals surface area (Å²) in [5.74, 6) is -0.879. The molecule has 116 valence electrons. The van der Waals surface area contributed by atoms with Crippen molar-refractivity contribution in [3.8, 4) is 0 Å². The van der Waals surface area contributed by atoms with Crippen molar-refractivity contribution < 1.29 is 19.4 Å². The lowest BCUT2D eigenvalue weighted by molar-refractivity contribution is 0.0598. The first-order valence-electron chi connectivity index (χ1n) is 5.99. The SMILES string of the molecule is C.CC.CC(C)(C)OC(N)=O.O=C(O)c1ccccc1. The number of carboxylic acids is 1. The van der Waals surface area contributed by atoms with E-state index in [1.54, 1.807) is 51.1 Å². The number of amides is 1. The smallest absolute Gasteiger partial charge is 0.405 e. The minimum atomic E-state index is -0.879. The van der Waals surface area contributed by atoms with Gasteiger partial charge in [0.1, 0.15) is 5.60 Å². The third kappa shape index (κ3) is 16.0. The van der Waals surface area contributed by atoms with E-state index < -0.39 is 17.7 Å². The highest BCUT2D eigenvalue weighted by Gasteiger charge is 2.12. The number of benzene rings is 1. The van der Waals surface area contributed by atoms with Gasteiger partial charge in [-0.15, -0.1) is 0 Å². The highest BCUT2D eigenvalue weighted by molar-refractivity contribution is 5.87. The molecule has 1 aromatic carbocycles. The zero-order chi connectivity index (χ0) is 15.5. The lowest BCUT2D eigenvalue weighted by Crippen LogP contribution is -2.27. The van der Waals surface area contributed by atoms with Gasteiger partial charge in [-0.25, -0.2) is 9.59 Å². The predicted molar refractivity (Wildman–Crippen MR) is 81.9 cm³/mol. The van der Waals surface area contributed by atoms with Gasteiger partial charge in [-0.05, 0) is 32.9 Å². The van der Waals surface area contributed by atoms with Gasteiger partial charge < -0.3 is 15.6 Å². The number of aromatic carboxylic acids is 1. The highest BCUT2D eigenvalue weighted by Crippen LogP contribution is 2.04. The van der Waals surface area contributed by atoms with Crippen LogP contribution in [-0.4, -0.2) is 22.8 Å². The molecule has 0 aliphatic carbocycles. The molecule has 3 N–H and O–H groups in total. The fourth-order valence-electron chi connectivity index (χ4n) is 0.883. The Morgan fingerprint density at radius 3 is 1.65 bits per heavy atom. The van der Waals surface area contributed by atoms with E-state index in [4.69, 9.17) is 10.8 Å². The van der Waals surface area contributed by atoms with Crippen molar-refractivity contribution in [1.29, 1.82) is 0 Å². The van der Waals surface area contributed by atoms with Gasteiger partial charge in [-0.3, -0.25) is 0 Å². The van der Waals surface area contributed by atoms with Crippen LogP contribution in [0, 0.1) is 0 Å². The van der Waals surface area contributed by atoms with Gasteiger partial charge in [-0.1, -0.05) is 39.5 Å². The lowest BCUT2D eigenvalue weighted by atomic mass is 10.2. The molecule has 0 radical (unpaired) electrons. The number of ether oxygens (including phenoxy) is 1. The molecule has 1 rings (SSSR count). The Kier molecular flexibility index (Phi) is 13.9. The molecule has 0 aliphatic rings. The largest absolute Gasteiger partial charge is 0.478 e. The van der Waals surface area contributed by atoms with Crippen LogP contribution in [0.5, 0.6) is 0 Å². The molecular formula is C15H27NO4. The molecule has 1 aromatic rings. The molecule has 0 saturated heterocycles. The van der Waals surface area contributed by atoms with Crippen molar-refractivity contribution in [2.24, 2.45) is 5.73 Å². The summed E-state index contributed by atoms with van der Waals surface area (Å²) >= 11 is 0. The highest BCUT2D eigenvalue weighted by atomic mass is 16.6. The second kappa shape index (κ2) is 12.0. The molecule has 5 nitrogen and oxygen atoms in total. The van der Waals surface area contributed by atoms with E-state index in [-0.39, 0.29) is 7.43 Å². The van der Waals surface area contributed by atoms with Crippen LogP contribution in [0.15, 0.2) is 30.3 Å². The Morgan fingerprint density at radius 2 is 1.50 bits per heavy atom. The number of rotatable bonds is 1. The van der Waals surface area contributed by atoms with E-state index >= 15 is 0 Å². The molecule has 0 unspecified atom stereocenters. The van der Waals surface area contributed by atoms with Crippen molar-refractivity contribution in [3.05, 3.63) is 35.9 Å². The van der Waals surface area contributed by atoms with E-state index in [9.17, 15) is 9.59 Å². The molecule has 1 amide bonds. The van der Waals surface area contributed by atoms with Crippen molar-refractivity contribution in [3.63, 3.8) is 0 Å². The second-order valence-corrected chi connectivity index (χ2v) is 4.20. The predicted octanol–water partition coefficient (Wildman–Crippen LogP) is 3.93. The molecule has 0 heterocycles. The Labute approximate surface area is 121 Å². The lowest BCUT2D eigenvalue weighted by Gasteiger charge is -2.16. The summed E-state index contributed by atoms with van der Waals surface area (Å²) in [6.45, 7) is 9.28. The van der Waals surface area contributed by atoms with E-state index in [2.05, 4.69) is 4.74 Å². The maximum atomic E-state index is 10.2. The van der Waals surface area contributed by atoms with Crippen LogP contribution in [-0.2, 0) is 4.74 Å². The summed E-state index contributed by atoms with van der Waals surface area (Å²) in [6, 6.07) is 8.30. The number of hydrogen-bond donors (Lipinski definition) is 2. The maximum absolute atomic E-state index is 10.2. The zero-order valence-corrected chi connectivity index (χ0v) is 12.1. The van der Waals surface area contributed by atoms with Crippen LogP contribution in [0.2, 0.25) is 0 Å². The van der Waals surface area contributed by atoms with Crippen LogP contribution in [0.1, 0.15) is 52.4 Å². The minimum absolute atomic E-state index is 0. The Bertz CT molecular complexity index is 369. The summed E-state index contributed by atoms with van der Waals surface area (Å²) in [7, 11) is 0. The standard InChI is InChI=1S/C7H6O2.C5H11NO2.C2H6.CH4/c8-7(9)6-4-2-1-3-5-6;1-5(2,3)8-4(6)7;1-2;/h1-5H,(H,8,9);1-3H3,(H2,6,7);1-2H3;1H4. The molecular weight excluding hydrogens is 258 g/mol. The molecule has 0 bridgehead atoms. The number of carbonyl (C=O) groups is 2. The Hall–Kier alpha value is -2.04. The fourth-order valence-corrected chi connectivity index (χ4v) is 0.883. The van der Waals surface area contributed by atoms with E-state index in [0.29, 0.717) is 5.56 Å². The summed E-state index contributed by atoms with van der Waals surface area (Å²) in [4.78, 5) is 20.2. The molecule has 0 saturated carbocycles. The Balaban J connectivity index is -0.000000248. The first-order chi connectivity index (χ1) is 8.72. The number of primary amides is 1. The fraction of sp³-hybridized carbons (Fsp3) is 0.467. The molecule has 5 heteroatoms. The average Bonchev–Trinajstić information content (AvgIpc) is 2.30. The average molecular weight is 285 g/mol. The summed E-state index contributed by atoms with van der Waals surface area (Å²) in [6.07, 6.45) is -0.725. The van der Waals surface area contributed by atoms with Gasteiger partial charge in [0, 0.05) is 0 Å². The maximum Gasteiger partial charge on any atom is 0.405 e. The molecule has 0 spiro atoms. The van der Waals surface area contributed by atoms with Gasteiger partial charge in [0.2, 0.25) is 0 Å². The third-order valence-electron chi connectivity index (χ3n) is 1.43. The van der Waals surface area contributed by atoms with Crippen LogP contribution in [0.4, 0.5) is 4.79 Å². The van der Waals surface area contributed by atoms with Crippen LogP contribution >= 0.6 is 0 Å². The summed E-state index contributed by atoms with van der Waals surface area (Å²) < 4.78 is 4.58. The third-order valence-corrected chi connectivity index (χ3v) is 1.43. The van der Waals surface area contributed by atoms with Crippen molar-refractivity contribution in [2.45, 2.75) is 47.6 Å². The van der Waals surface area contributed by atoms with E-state index in [1.807, 2.05) is 13.8 Å². The topological polar surface area (TPSA) is 89.6 Å². The Morgan fingerprint density at radius 1 is 1.10 bits per heavy atom. The monoisotopic (exact) mass is 285 g/mol. The molecule has 0 aromatic heterocycles. The second-order valence-electron chi connectivity index (χ2n) is 4.20. The number of carboxylic acid groups (broad SMARTS) is 1. The number of hydrogen-bond acceptors (Lipinski definition) is 3.